The Kier molecular flexibility index (Phi) is 3.50. The minimum Gasteiger partial charge on any atom is -0.348 e. The standard InChI is InChI=1S/C14H14N2O/c1-11-3-2-4-13(9-11)14(17)16-10-12-5-7-15-8-6-12/h2-9H,10H2,1H3,(H,16,17). The number of carbonyl (C=O) groups excluding carboxylic acids is 1. The molecule has 2 rings (SSSR count). The molecule has 1 aromatic carbocycles. The molecular weight excluding hydrogens is 212 g/mol. The number of hydrogen-bond acceptors (Lipinski definition) is 2. The molecule has 1 heterocycles. The van der Waals surface area contributed by atoms with Crippen LogP contribution >= 0.6 is 0 Å². The van der Waals surface area contributed by atoms with E-state index in [1.54, 1.807) is 12.4 Å². The van der Waals surface area contributed by atoms with Crippen LogP contribution in [0.4, 0.5) is 0 Å². The molecule has 0 spiro atoms. The molecule has 0 unspecified atom stereocenters. The number of pyridine rings is 1. The zero-order valence-electron chi connectivity index (χ0n) is 9.68. The summed E-state index contributed by atoms with van der Waals surface area (Å²) >= 11 is 0. The first-order valence-electron chi connectivity index (χ1n) is 5.49. The zero-order chi connectivity index (χ0) is 12.1. The first-order chi connectivity index (χ1) is 8.25. The van der Waals surface area contributed by atoms with E-state index in [9.17, 15) is 4.79 Å². The molecular formula is C14H14N2O. The molecule has 0 aliphatic heterocycles. The fourth-order valence-corrected chi connectivity index (χ4v) is 1.57. The van der Waals surface area contributed by atoms with Crippen LogP contribution in [-0.2, 0) is 6.54 Å². The van der Waals surface area contributed by atoms with Gasteiger partial charge in [0.1, 0.15) is 0 Å². The number of nitrogens with one attached hydrogen (secondary N) is 1. The number of benzene rings is 1. The monoisotopic (exact) mass is 226 g/mol. The predicted octanol–water partition coefficient (Wildman–Crippen LogP) is 2.32. The molecule has 2 aromatic rings. The van der Waals surface area contributed by atoms with E-state index in [1.165, 1.54) is 0 Å². The van der Waals surface area contributed by atoms with E-state index in [0.717, 1.165) is 11.1 Å². The summed E-state index contributed by atoms with van der Waals surface area (Å²) in [5.41, 5.74) is 2.82. The number of nitrogens with zero attached hydrogens (tertiary/aromatic N) is 1. The minimum atomic E-state index is -0.0505. The van der Waals surface area contributed by atoms with Gasteiger partial charge in [-0.15, -0.1) is 0 Å². The van der Waals surface area contributed by atoms with Crippen LogP contribution in [0, 0.1) is 6.92 Å². The highest BCUT2D eigenvalue weighted by molar-refractivity contribution is 5.94. The molecule has 0 saturated carbocycles. The van der Waals surface area contributed by atoms with Crippen LogP contribution in [0.1, 0.15) is 21.5 Å². The maximum Gasteiger partial charge on any atom is 0.251 e. The lowest BCUT2D eigenvalue weighted by Crippen LogP contribution is -2.22. The Morgan fingerprint density at radius 3 is 2.71 bits per heavy atom. The smallest absolute Gasteiger partial charge is 0.251 e. The van der Waals surface area contributed by atoms with Crippen molar-refractivity contribution >= 4 is 5.91 Å². The van der Waals surface area contributed by atoms with E-state index in [4.69, 9.17) is 0 Å². The van der Waals surface area contributed by atoms with Gasteiger partial charge in [0.25, 0.3) is 5.91 Å². The topological polar surface area (TPSA) is 42.0 Å². The van der Waals surface area contributed by atoms with Gasteiger partial charge in [-0.05, 0) is 36.8 Å². The molecule has 1 aromatic heterocycles. The average Bonchev–Trinajstić information content (AvgIpc) is 2.37. The van der Waals surface area contributed by atoms with Crippen LogP contribution in [0.25, 0.3) is 0 Å². The number of rotatable bonds is 3. The van der Waals surface area contributed by atoms with Crippen LogP contribution in [0.3, 0.4) is 0 Å². The fraction of sp³-hybridized carbons (Fsp3) is 0.143. The third-order valence-electron chi connectivity index (χ3n) is 2.48. The van der Waals surface area contributed by atoms with Gasteiger partial charge in [-0.1, -0.05) is 17.7 Å². The van der Waals surface area contributed by atoms with Gasteiger partial charge >= 0.3 is 0 Å². The third-order valence-corrected chi connectivity index (χ3v) is 2.48. The van der Waals surface area contributed by atoms with E-state index in [-0.39, 0.29) is 5.91 Å². The highest BCUT2D eigenvalue weighted by atomic mass is 16.1. The summed E-state index contributed by atoms with van der Waals surface area (Å²) in [6.07, 6.45) is 3.43. The van der Waals surface area contributed by atoms with Crippen LogP contribution in [-0.4, -0.2) is 10.9 Å². The molecule has 86 valence electrons. The zero-order valence-corrected chi connectivity index (χ0v) is 9.68. The van der Waals surface area contributed by atoms with Crippen molar-refractivity contribution < 1.29 is 4.79 Å². The number of hydrogen-bond donors (Lipinski definition) is 1. The molecule has 0 aliphatic carbocycles. The summed E-state index contributed by atoms with van der Waals surface area (Å²) in [7, 11) is 0. The van der Waals surface area contributed by atoms with Crippen molar-refractivity contribution in [3.8, 4) is 0 Å². The van der Waals surface area contributed by atoms with E-state index in [1.807, 2.05) is 43.3 Å². The van der Waals surface area contributed by atoms with Crippen molar-refractivity contribution in [2.75, 3.05) is 0 Å². The second-order valence-electron chi connectivity index (χ2n) is 3.91. The average molecular weight is 226 g/mol. The van der Waals surface area contributed by atoms with Gasteiger partial charge in [0.05, 0.1) is 0 Å². The van der Waals surface area contributed by atoms with Crippen molar-refractivity contribution in [3.63, 3.8) is 0 Å². The van der Waals surface area contributed by atoms with E-state index in [0.29, 0.717) is 12.1 Å². The number of aromatic nitrogens is 1. The summed E-state index contributed by atoms with van der Waals surface area (Å²) in [5.74, 6) is -0.0505. The number of carbonyl (C=O) groups is 1. The molecule has 0 atom stereocenters. The summed E-state index contributed by atoms with van der Waals surface area (Å²) in [4.78, 5) is 15.8. The first-order valence-corrected chi connectivity index (χ1v) is 5.49. The second kappa shape index (κ2) is 5.25. The van der Waals surface area contributed by atoms with Gasteiger partial charge < -0.3 is 5.32 Å². The number of aryl methyl sites for hydroxylation is 1. The lowest BCUT2D eigenvalue weighted by atomic mass is 10.1. The third kappa shape index (κ3) is 3.14. The SMILES string of the molecule is Cc1cccc(C(=O)NCc2ccncc2)c1. The molecule has 0 aliphatic rings. The predicted molar refractivity (Wildman–Crippen MR) is 66.6 cm³/mol. The Labute approximate surface area is 101 Å². The van der Waals surface area contributed by atoms with Crippen LogP contribution in [0.2, 0.25) is 0 Å². The molecule has 0 fully saturated rings. The van der Waals surface area contributed by atoms with Crippen molar-refractivity contribution in [1.29, 1.82) is 0 Å². The van der Waals surface area contributed by atoms with Crippen LogP contribution in [0.15, 0.2) is 48.8 Å². The largest absolute Gasteiger partial charge is 0.348 e. The lowest BCUT2D eigenvalue weighted by Gasteiger charge is -2.05. The molecule has 1 N–H and O–H groups in total. The van der Waals surface area contributed by atoms with Crippen molar-refractivity contribution in [3.05, 3.63) is 65.5 Å². The quantitative estimate of drug-likeness (QED) is 0.872. The van der Waals surface area contributed by atoms with E-state index >= 15 is 0 Å². The van der Waals surface area contributed by atoms with E-state index < -0.39 is 0 Å². The normalized spacial score (nSPS) is 9.94. The second-order valence-corrected chi connectivity index (χ2v) is 3.91. The van der Waals surface area contributed by atoms with Gasteiger partial charge in [-0.2, -0.15) is 0 Å². The van der Waals surface area contributed by atoms with Gasteiger partial charge in [0.15, 0.2) is 0 Å². The Morgan fingerprint density at radius 2 is 2.00 bits per heavy atom. The summed E-state index contributed by atoms with van der Waals surface area (Å²) < 4.78 is 0. The Balaban J connectivity index is 1.98. The van der Waals surface area contributed by atoms with Gasteiger partial charge in [-0.25, -0.2) is 0 Å². The highest BCUT2D eigenvalue weighted by Gasteiger charge is 2.04. The molecule has 0 saturated heterocycles. The number of amides is 1. The maximum absolute atomic E-state index is 11.8. The van der Waals surface area contributed by atoms with Crippen molar-refractivity contribution in [2.45, 2.75) is 13.5 Å². The molecule has 1 amide bonds. The molecule has 3 heteroatoms. The maximum atomic E-state index is 11.8. The van der Waals surface area contributed by atoms with Crippen LogP contribution < -0.4 is 5.32 Å². The van der Waals surface area contributed by atoms with Crippen LogP contribution in [0.5, 0.6) is 0 Å². The Morgan fingerprint density at radius 1 is 1.24 bits per heavy atom. The summed E-state index contributed by atoms with van der Waals surface area (Å²) in [5, 5.41) is 2.88. The van der Waals surface area contributed by atoms with Gasteiger partial charge in [-0.3, -0.25) is 9.78 Å². The Hall–Kier alpha value is -2.16. The fourth-order valence-electron chi connectivity index (χ4n) is 1.57. The molecule has 3 nitrogen and oxygen atoms in total. The molecule has 0 bridgehead atoms. The molecule has 0 radical (unpaired) electrons. The summed E-state index contributed by atoms with van der Waals surface area (Å²) in [6, 6.07) is 11.3. The van der Waals surface area contributed by atoms with Gasteiger partial charge in [0.2, 0.25) is 0 Å². The van der Waals surface area contributed by atoms with E-state index in [2.05, 4.69) is 10.3 Å². The molecule has 17 heavy (non-hydrogen) atoms. The lowest BCUT2D eigenvalue weighted by molar-refractivity contribution is 0.0951. The van der Waals surface area contributed by atoms with Crippen molar-refractivity contribution in [1.82, 2.24) is 10.3 Å². The minimum absolute atomic E-state index is 0.0505. The Bertz CT molecular complexity index is 509. The first kappa shape index (κ1) is 11.3. The van der Waals surface area contributed by atoms with Crippen molar-refractivity contribution in [2.24, 2.45) is 0 Å². The summed E-state index contributed by atoms with van der Waals surface area (Å²) in [6.45, 7) is 2.49. The van der Waals surface area contributed by atoms with Gasteiger partial charge in [0, 0.05) is 24.5 Å². The highest BCUT2D eigenvalue weighted by Crippen LogP contribution is 2.04.